The van der Waals surface area contributed by atoms with Gasteiger partial charge in [0.05, 0.1) is 0 Å². The molecule has 4 aliphatic carbocycles. The molecule has 0 heterocycles. The molecule has 4 aliphatic rings. The highest BCUT2D eigenvalue weighted by Gasteiger charge is 2.50. The van der Waals surface area contributed by atoms with Crippen LogP contribution in [0.3, 0.4) is 0 Å². The van der Waals surface area contributed by atoms with Crippen LogP contribution < -0.4 is 10.4 Å². The number of benzene rings is 2. The molecule has 0 aliphatic heterocycles. The minimum atomic E-state index is -3.26. The molecule has 43 heavy (non-hydrogen) atoms. The van der Waals surface area contributed by atoms with Crippen molar-refractivity contribution in [2.45, 2.75) is 39.5 Å². The first kappa shape index (κ1) is 29.1. The average molecular weight is 581 g/mol. The molecule has 0 amide bonds. The van der Waals surface area contributed by atoms with Gasteiger partial charge in [0.15, 0.2) is 0 Å². The van der Waals surface area contributed by atoms with Gasteiger partial charge in [-0.2, -0.15) is 0 Å². The molecule has 0 aromatic heterocycles. The van der Waals surface area contributed by atoms with Crippen LogP contribution >= 0.6 is 0 Å². The maximum Gasteiger partial charge on any atom is 0.408 e. The molecule has 0 N–H and O–H groups in total. The first-order valence-corrected chi connectivity index (χ1v) is 17.1. The first-order chi connectivity index (χ1) is 20.9. The van der Waals surface area contributed by atoms with Gasteiger partial charge in [-0.3, -0.25) is 0 Å². The predicted octanol–water partition coefficient (Wildman–Crippen LogP) is 9.33. The molecule has 2 aromatic carbocycles. The van der Waals surface area contributed by atoms with Gasteiger partial charge in [0, 0.05) is 24.6 Å². The molecule has 2 nitrogen and oxygen atoms in total. The van der Waals surface area contributed by atoms with Crippen LogP contribution in [0.1, 0.15) is 50.7 Å². The van der Waals surface area contributed by atoms with Gasteiger partial charge in [-0.15, -0.1) is 0 Å². The van der Waals surface area contributed by atoms with Crippen molar-refractivity contribution >= 4 is 18.9 Å². The average Bonchev–Trinajstić information content (AvgIpc) is 3.43. The van der Waals surface area contributed by atoms with E-state index in [0.29, 0.717) is 0 Å². The zero-order chi connectivity index (χ0) is 30.1. The Bertz CT molecular complexity index is 1660. The van der Waals surface area contributed by atoms with Crippen LogP contribution in [0, 0.1) is 0 Å². The van der Waals surface area contributed by atoms with Gasteiger partial charge in [0.25, 0.3) is 0 Å². The highest BCUT2D eigenvalue weighted by molar-refractivity contribution is 6.95. The molecule has 6 rings (SSSR count). The summed E-state index contributed by atoms with van der Waals surface area (Å²) >= 11 is 0. The maximum atomic E-state index is 6.84. The third-order valence-corrected chi connectivity index (χ3v) is 12.4. The lowest BCUT2D eigenvalue weighted by Gasteiger charge is -2.32. The molecule has 0 fully saturated rings. The fraction of sp³-hybridized carbons (Fsp3) is 0.200. The van der Waals surface area contributed by atoms with Crippen molar-refractivity contribution in [1.29, 1.82) is 0 Å². The van der Waals surface area contributed by atoms with Crippen molar-refractivity contribution in [3.05, 3.63) is 132 Å². The molecule has 0 saturated carbocycles. The second-order valence-electron chi connectivity index (χ2n) is 11.9. The van der Waals surface area contributed by atoms with Crippen molar-refractivity contribution in [2.24, 2.45) is 0 Å². The van der Waals surface area contributed by atoms with E-state index in [-0.39, 0.29) is 11.8 Å². The molecular formula is C40H40O2Si. The minimum Gasteiger partial charge on any atom is -0.391 e. The third kappa shape index (κ3) is 4.92. The zero-order valence-electron chi connectivity index (χ0n) is 26.0. The highest BCUT2D eigenvalue weighted by atomic mass is 28.4. The highest BCUT2D eigenvalue weighted by Crippen LogP contribution is 2.41. The van der Waals surface area contributed by atoms with Crippen molar-refractivity contribution < 1.29 is 8.85 Å². The molecule has 3 heteroatoms. The Balaban J connectivity index is 1.69. The largest absolute Gasteiger partial charge is 0.408 e. The molecule has 0 unspecified atom stereocenters. The lowest BCUT2D eigenvalue weighted by atomic mass is 10.0. The molecule has 0 atom stereocenters. The summed E-state index contributed by atoms with van der Waals surface area (Å²) in [7, 11) is 0.447. The Labute approximate surface area is 257 Å². The van der Waals surface area contributed by atoms with Gasteiger partial charge in [0.2, 0.25) is 0 Å². The Kier molecular flexibility index (Phi) is 8.06. The SMILES string of the molecule is CO[Si](OC)(c1c2ccccc(-c3ccccc3)c-2cc1C(C)C)c1c2ccccc(-c3ccccc3)c-2cc1C(C)C. The van der Waals surface area contributed by atoms with Crippen LogP contribution in [-0.2, 0) is 8.85 Å². The first-order valence-electron chi connectivity index (χ1n) is 15.2. The molecule has 0 saturated heterocycles. The molecule has 216 valence electrons. The minimum absolute atomic E-state index is 0.285. The van der Waals surface area contributed by atoms with E-state index in [4.69, 9.17) is 8.85 Å². The van der Waals surface area contributed by atoms with Crippen molar-refractivity contribution in [1.82, 2.24) is 0 Å². The van der Waals surface area contributed by atoms with E-state index < -0.39 is 8.56 Å². The Morgan fingerprint density at radius 1 is 0.419 bits per heavy atom. The molecule has 0 bridgehead atoms. The summed E-state index contributed by atoms with van der Waals surface area (Å²) in [4.78, 5) is 0. The lowest BCUT2D eigenvalue weighted by Crippen LogP contribution is -2.64. The molecule has 0 spiro atoms. The van der Waals surface area contributed by atoms with E-state index in [1.165, 1.54) is 66.0 Å². The third-order valence-electron chi connectivity index (χ3n) is 8.80. The summed E-state index contributed by atoms with van der Waals surface area (Å²) < 4.78 is 13.7. The van der Waals surface area contributed by atoms with E-state index in [2.05, 4.69) is 149 Å². The standard InChI is InChI=1S/C40H40O2Si/c1-27(2)35-25-37-31(29-17-9-7-10-18-29)21-13-15-23-33(37)39(35)43(41-5,42-6)40-34-24-16-14-22-32(30-19-11-8-12-20-30)38(34)26-36(40)28(3)4/h7-28H,1-6H3. The lowest BCUT2D eigenvalue weighted by molar-refractivity contribution is 0.272. The zero-order valence-corrected chi connectivity index (χ0v) is 27.0. The van der Waals surface area contributed by atoms with Gasteiger partial charge in [0.1, 0.15) is 0 Å². The van der Waals surface area contributed by atoms with Crippen LogP contribution in [0.5, 0.6) is 0 Å². The van der Waals surface area contributed by atoms with E-state index in [9.17, 15) is 0 Å². The van der Waals surface area contributed by atoms with E-state index in [1.54, 1.807) is 0 Å². The summed E-state index contributed by atoms with van der Waals surface area (Å²) in [6.07, 6.45) is 0. The number of hydrogen-bond acceptors (Lipinski definition) is 2. The van der Waals surface area contributed by atoms with Crippen LogP contribution in [-0.4, -0.2) is 22.8 Å². The van der Waals surface area contributed by atoms with Gasteiger partial charge < -0.3 is 8.85 Å². The summed E-state index contributed by atoms with van der Waals surface area (Å²) in [6, 6.07) is 43.8. The monoisotopic (exact) mass is 580 g/mol. The second-order valence-corrected chi connectivity index (χ2v) is 15.0. The van der Waals surface area contributed by atoms with Gasteiger partial charge in [-0.25, -0.2) is 0 Å². The number of rotatable bonds is 8. The van der Waals surface area contributed by atoms with E-state index in [0.717, 1.165) is 0 Å². The normalized spacial score (nSPS) is 12.1. The van der Waals surface area contributed by atoms with Crippen molar-refractivity contribution in [3.63, 3.8) is 0 Å². The van der Waals surface area contributed by atoms with Gasteiger partial charge in [-0.1, -0.05) is 149 Å². The second kappa shape index (κ2) is 11.9. The Hall–Kier alpha value is -4.02. The molecule has 2 aromatic rings. The fourth-order valence-electron chi connectivity index (χ4n) is 6.77. The summed E-state index contributed by atoms with van der Waals surface area (Å²) in [5, 5.41) is 2.44. The summed E-state index contributed by atoms with van der Waals surface area (Å²) in [5.74, 6) is 0.571. The van der Waals surface area contributed by atoms with Crippen LogP contribution in [0.25, 0.3) is 44.5 Å². The van der Waals surface area contributed by atoms with Crippen LogP contribution in [0.4, 0.5) is 0 Å². The number of hydrogen-bond donors (Lipinski definition) is 0. The van der Waals surface area contributed by atoms with Crippen molar-refractivity contribution in [3.8, 4) is 44.5 Å². The smallest absolute Gasteiger partial charge is 0.391 e. The Morgan fingerprint density at radius 3 is 1.07 bits per heavy atom. The van der Waals surface area contributed by atoms with Gasteiger partial charge >= 0.3 is 8.56 Å². The van der Waals surface area contributed by atoms with Crippen LogP contribution in [0.2, 0.25) is 0 Å². The Morgan fingerprint density at radius 2 is 0.744 bits per heavy atom. The quantitative estimate of drug-likeness (QED) is 0.167. The van der Waals surface area contributed by atoms with E-state index >= 15 is 0 Å². The summed E-state index contributed by atoms with van der Waals surface area (Å²) in [6.45, 7) is 9.13. The van der Waals surface area contributed by atoms with Crippen molar-refractivity contribution in [2.75, 3.05) is 14.2 Å². The van der Waals surface area contributed by atoms with E-state index in [1.807, 2.05) is 14.2 Å². The molecule has 0 radical (unpaired) electrons. The topological polar surface area (TPSA) is 18.5 Å². The number of fused-ring (bicyclic) bond motifs is 2. The predicted molar refractivity (Wildman–Crippen MR) is 184 cm³/mol. The maximum absolute atomic E-state index is 6.84. The van der Waals surface area contributed by atoms with Crippen LogP contribution in [0.15, 0.2) is 121 Å². The van der Waals surface area contributed by atoms with Gasteiger partial charge in [-0.05, 0) is 67.5 Å². The summed E-state index contributed by atoms with van der Waals surface area (Å²) in [5.41, 5.74) is 12.3. The molecular weight excluding hydrogens is 541 g/mol. The fourth-order valence-corrected chi connectivity index (χ4v) is 10.6.